The van der Waals surface area contributed by atoms with Crippen LogP contribution in [-0.2, 0) is 0 Å². The molecule has 3 rings (SSSR count). The van der Waals surface area contributed by atoms with Crippen LogP contribution in [0.15, 0.2) is 29.0 Å². The second-order valence-corrected chi connectivity index (χ2v) is 4.52. The lowest BCUT2D eigenvalue weighted by molar-refractivity contribution is 0.420. The first-order valence-electron chi connectivity index (χ1n) is 6.01. The van der Waals surface area contributed by atoms with Gasteiger partial charge in [-0.15, -0.1) is 0 Å². The average Bonchev–Trinajstić information content (AvgIpc) is 2.98. The fraction of sp³-hybridized carbons (Fsp3) is 0.385. The molecule has 17 heavy (non-hydrogen) atoms. The highest BCUT2D eigenvalue weighted by Gasteiger charge is 2.26. The van der Waals surface area contributed by atoms with Gasteiger partial charge < -0.3 is 10.3 Å². The van der Waals surface area contributed by atoms with Crippen molar-refractivity contribution in [2.75, 3.05) is 5.73 Å². The highest BCUT2D eigenvalue weighted by atomic mass is 16.5. The van der Waals surface area contributed by atoms with E-state index < -0.39 is 0 Å². The van der Waals surface area contributed by atoms with Gasteiger partial charge in [-0.05, 0) is 30.5 Å². The molecular weight excluding hydrogens is 214 g/mol. The van der Waals surface area contributed by atoms with Crippen LogP contribution >= 0.6 is 0 Å². The molecule has 0 atom stereocenters. The number of nitrogens with zero attached hydrogens (tertiary/aromatic N) is 2. The Hall–Kier alpha value is -1.84. The molecule has 0 unspecified atom stereocenters. The van der Waals surface area contributed by atoms with E-state index >= 15 is 0 Å². The maximum atomic E-state index is 5.89. The number of rotatable bonds is 2. The zero-order valence-electron chi connectivity index (χ0n) is 9.60. The van der Waals surface area contributed by atoms with E-state index in [1.807, 2.05) is 12.1 Å². The Morgan fingerprint density at radius 3 is 2.59 bits per heavy atom. The summed E-state index contributed by atoms with van der Waals surface area (Å²) in [4.78, 5) is 4.02. The molecule has 4 heteroatoms. The fourth-order valence-electron chi connectivity index (χ4n) is 2.60. The lowest BCUT2D eigenvalue weighted by Crippen LogP contribution is -1.96. The quantitative estimate of drug-likeness (QED) is 0.859. The molecule has 0 aromatic carbocycles. The first-order chi connectivity index (χ1) is 8.36. The second-order valence-electron chi connectivity index (χ2n) is 4.52. The van der Waals surface area contributed by atoms with Crippen LogP contribution in [0.25, 0.3) is 11.1 Å². The molecular formula is C13H15N3O. The van der Waals surface area contributed by atoms with Crippen LogP contribution in [-0.4, -0.2) is 10.1 Å². The van der Waals surface area contributed by atoms with Crippen LogP contribution in [0.5, 0.6) is 0 Å². The summed E-state index contributed by atoms with van der Waals surface area (Å²) >= 11 is 0. The minimum absolute atomic E-state index is 0.415. The smallest absolute Gasteiger partial charge is 0.230 e. The Morgan fingerprint density at radius 2 is 1.88 bits per heavy atom. The van der Waals surface area contributed by atoms with E-state index in [1.54, 1.807) is 12.4 Å². The third kappa shape index (κ3) is 1.79. The number of hydrogen-bond donors (Lipinski definition) is 1. The van der Waals surface area contributed by atoms with Gasteiger partial charge in [0.1, 0.15) is 0 Å². The lowest BCUT2D eigenvalue weighted by atomic mass is 9.96. The number of nitrogens with two attached hydrogens (primary N) is 1. The summed E-state index contributed by atoms with van der Waals surface area (Å²) in [6, 6.07) is 3.89. The molecule has 2 aromatic heterocycles. The van der Waals surface area contributed by atoms with Crippen LogP contribution in [0.3, 0.4) is 0 Å². The summed E-state index contributed by atoms with van der Waals surface area (Å²) in [5.74, 6) is 0.914. The zero-order chi connectivity index (χ0) is 11.7. The third-order valence-corrected chi connectivity index (χ3v) is 3.46. The Labute approximate surface area is 99.8 Å². The molecule has 0 spiro atoms. The molecule has 2 N–H and O–H groups in total. The van der Waals surface area contributed by atoms with E-state index in [9.17, 15) is 0 Å². The summed E-state index contributed by atoms with van der Waals surface area (Å²) in [6.45, 7) is 0. The van der Waals surface area contributed by atoms with Crippen molar-refractivity contribution >= 4 is 5.88 Å². The van der Waals surface area contributed by atoms with Crippen molar-refractivity contribution in [3.63, 3.8) is 0 Å². The van der Waals surface area contributed by atoms with Crippen molar-refractivity contribution in [1.29, 1.82) is 0 Å². The first-order valence-corrected chi connectivity index (χ1v) is 6.01. The van der Waals surface area contributed by atoms with Crippen molar-refractivity contribution in [3.8, 4) is 11.1 Å². The van der Waals surface area contributed by atoms with E-state index in [1.165, 1.54) is 25.7 Å². The molecule has 1 saturated carbocycles. The lowest BCUT2D eigenvalue weighted by Gasteiger charge is -2.07. The zero-order valence-corrected chi connectivity index (χ0v) is 9.60. The minimum Gasteiger partial charge on any atom is -0.367 e. The number of nitrogen functional groups attached to an aromatic ring is 1. The van der Waals surface area contributed by atoms with Crippen LogP contribution in [0, 0.1) is 0 Å². The molecule has 0 bridgehead atoms. The van der Waals surface area contributed by atoms with Crippen molar-refractivity contribution in [2.24, 2.45) is 0 Å². The van der Waals surface area contributed by atoms with Crippen LogP contribution < -0.4 is 5.73 Å². The standard InChI is InChI=1S/C13H15N3O/c14-13-11(9-5-7-15-8-6-9)12(16-17-13)10-3-1-2-4-10/h5-8,10H,1-4,14H2. The monoisotopic (exact) mass is 229 g/mol. The van der Waals surface area contributed by atoms with Gasteiger partial charge in [0.15, 0.2) is 0 Å². The molecule has 1 fully saturated rings. The molecule has 0 saturated heterocycles. The van der Waals surface area contributed by atoms with Crippen molar-refractivity contribution in [3.05, 3.63) is 30.2 Å². The summed E-state index contributed by atoms with van der Waals surface area (Å²) in [5, 5.41) is 4.15. The molecule has 0 aliphatic heterocycles. The van der Waals surface area contributed by atoms with E-state index in [4.69, 9.17) is 10.3 Å². The summed E-state index contributed by atoms with van der Waals surface area (Å²) in [6.07, 6.45) is 8.44. The molecule has 1 aliphatic carbocycles. The summed E-state index contributed by atoms with van der Waals surface area (Å²) in [7, 11) is 0. The molecule has 0 radical (unpaired) electrons. The van der Waals surface area contributed by atoms with Gasteiger partial charge in [-0.3, -0.25) is 4.98 Å². The van der Waals surface area contributed by atoms with E-state index in [-0.39, 0.29) is 0 Å². The highest BCUT2D eigenvalue weighted by Crippen LogP contribution is 2.40. The van der Waals surface area contributed by atoms with Gasteiger partial charge in [0.25, 0.3) is 0 Å². The minimum atomic E-state index is 0.415. The average molecular weight is 229 g/mol. The molecule has 0 amide bonds. The van der Waals surface area contributed by atoms with Gasteiger partial charge in [0, 0.05) is 18.3 Å². The predicted octanol–water partition coefficient (Wildman–Crippen LogP) is 2.98. The van der Waals surface area contributed by atoms with Crippen LogP contribution in [0.2, 0.25) is 0 Å². The highest BCUT2D eigenvalue weighted by molar-refractivity contribution is 5.75. The normalized spacial score (nSPS) is 16.5. The number of aromatic nitrogens is 2. The number of pyridine rings is 1. The number of hydrogen-bond acceptors (Lipinski definition) is 4. The SMILES string of the molecule is Nc1onc(C2CCCC2)c1-c1ccncc1. The molecule has 2 aromatic rings. The van der Waals surface area contributed by atoms with Gasteiger partial charge >= 0.3 is 0 Å². The van der Waals surface area contributed by atoms with Crippen LogP contribution in [0.4, 0.5) is 5.88 Å². The molecule has 4 nitrogen and oxygen atoms in total. The van der Waals surface area contributed by atoms with Crippen molar-refractivity contribution in [1.82, 2.24) is 10.1 Å². The molecule has 2 heterocycles. The summed E-state index contributed by atoms with van der Waals surface area (Å²) in [5.41, 5.74) is 8.91. The fourth-order valence-corrected chi connectivity index (χ4v) is 2.60. The Kier molecular flexibility index (Phi) is 2.55. The van der Waals surface area contributed by atoms with Crippen molar-refractivity contribution < 1.29 is 4.52 Å². The van der Waals surface area contributed by atoms with Crippen molar-refractivity contribution in [2.45, 2.75) is 31.6 Å². The topological polar surface area (TPSA) is 64.9 Å². The maximum absolute atomic E-state index is 5.89. The van der Waals surface area contributed by atoms with Crippen LogP contribution in [0.1, 0.15) is 37.3 Å². The maximum Gasteiger partial charge on any atom is 0.230 e. The van der Waals surface area contributed by atoms with E-state index in [0.29, 0.717) is 11.8 Å². The largest absolute Gasteiger partial charge is 0.367 e. The van der Waals surface area contributed by atoms with Gasteiger partial charge in [0.2, 0.25) is 5.88 Å². The Balaban J connectivity index is 2.06. The van der Waals surface area contributed by atoms with E-state index in [0.717, 1.165) is 16.8 Å². The van der Waals surface area contributed by atoms with Gasteiger partial charge in [-0.2, -0.15) is 0 Å². The second kappa shape index (κ2) is 4.20. The third-order valence-electron chi connectivity index (χ3n) is 3.46. The van der Waals surface area contributed by atoms with Gasteiger partial charge in [-0.25, -0.2) is 0 Å². The Bertz CT molecular complexity index is 501. The molecule has 88 valence electrons. The predicted molar refractivity (Wildman–Crippen MR) is 65.4 cm³/mol. The summed E-state index contributed by atoms with van der Waals surface area (Å²) < 4.78 is 5.17. The van der Waals surface area contributed by atoms with Gasteiger partial charge in [0.05, 0.1) is 11.3 Å². The van der Waals surface area contributed by atoms with Gasteiger partial charge in [-0.1, -0.05) is 18.0 Å². The first kappa shape index (κ1) is 10.3. The molecule has 1 aliphatic rings. The number of anilines is 1. The Morgan fingerprint density at radius 1 is 1.18 bits per heavy atom. The van der Waals surface area contributed by atoms with E-state index in [2.05, 4.69) is 10.1 Å².